The molecule has 0 aliphatic rings. The van der Waals surface area contributed by atoms with Gasteiger partial charge in [-0.2, -0.15) is 0 Å². The normalized spacial score (nSPS) is 12.8. The van der Waals surface area contributed by atoms with Crippen molar-refractivity contribution in [2.45, 2.75) is 39.3 Å². The van der Waals surface area contributed by atoms with Gasteiger partial charge in [-0.15, -0.1) is 11.8 Å². The molecule has 100 valence electrons. The Bertz CT molecular complexity index is 263. The molecule has 0 aromatic rings. The monoisotopic (exact) mass is 263 g/mol. The minimum atomic E-state index is -0.497. The minimum absolute atomic E-state index is 0.0560. The molecule has 0 aliphatic heterocycles. The number of thioether (sulfide) groups is 1. The molecule has 0 rings (SSSR count). The maximum Gasteiger partial charge on any atom is 0.407 e. The molecule has 1 amide bonds. The second-order valence-electron chi connectivity index (χ2n) is 4.64. The molecule has 0 heterocycles. The van der Waals surface area contributed by atoms with Crippen molar-refractivity contribution < 1.29 is 19.1 Å². The summed E-state index contributed by atoms with van der Waals surface area (Å²) >= 11 is 1.41. The van der Waals surface area contributed by atoms with Crippen molar-refractivity contribution >= 4 is 23.8 Å². The Morgan fingerprint density at radius 2 is 1.94 bits per heavy atom. The van der Waals surface area contributed by atoms with Crippen molar-refractivity contribution in [1.29, 1.82) is 0 Å². The molecule has 0 saturated carbocycles. The van der Waals surface area contributed by atoms with Crippen molar-refractivity contribution in [2.24, 2.45) is 0 Å². The van der Waals surface area contributed by atoms with Crippen LogP contribution in [0.1, 0.15) is 27.7 Å². The van der Waals surface area contributed by atoms with E-state index in [4.69, 9.17) is 4.74 Å². The summed E-state index contributed by atoms with van der Waals surface area (Å²) in [5, 5.41) is 2.69. The summed E-state index contributed by atoms with van der Waals surface area (Å²) in [6.45, 7) is 7.28. The number of nitrogens with one attached hydrogen (secondary N) is 1. The highest BCUT2D eigenvalue weighted by Gasteiger charge is 2.17. The Morgan fingerprint density at radius 3 is 2.41 bits per heavy atom. The lowest BCUT2D eigenvalue weighted by molar-refractivity contribution is -0.137. The van der Waals surface area contributed by atoms with Gasteiger partial charge in [-0.3, -0.25) is 4.79 Å². The van der Waals surface area contributed by atoms with Crippen LogP contribution in [0, 0.1) is 0 Å². The summed E-state index contributed by atoms with van der Waals surface area (Å²) < 4.78 is 9.61. The Labute approximate surface area is 107 Å². The van der Waals surface area contributed by atoms with Crippen LogP contribution in [0.15, 0.2) is 0 Å². The first-order chi connectivity index (χ1) is 7.74. The number of carbonyl (C=O) groups excluding carboxylic acids is 2. The third-order valence-corrected chi connectivity index (χ3v) is 2.75. The van der Waals surface area contributed by atoms with Crippen molar-refractivity contribution in [3.05, 3.63) is 0 Å². The topological polar surface area (TPSA) is 64.6 Å². The number of ether oxygens (including phenoxy) is 2. The summed E-state index contributed by atoms with van der Waals surface area (Å²) in [5.41, 5.74) is -0.497. The Balaban J connectivity index is 3.75. The van der Waals surface area contributed by atoms with E-state index in [2.05, 4.69) is 10.1 Å². The van der Waals surface area contributed by atoms with Crippen LogP contribution in [0.2, 0.25) is 0 Å². The van der Waals surface area contributed by atoms with Crippen molar-refractivity contribution in [3.8, 4) is 0 Å². The highest BCUT2D eigenvalue weighted by molar-refractivity contribution is 7.99. The molecule has 0 fully saturated rings. The van der Waals surface area contributed by atoms with Gasteiger partial charge in [0, 0.05) is 11.8 Å². The smallest absolute Gasteiger partial charge is 0.407 e. The second kappa shape index (κ2) is 7.42. The van der Waals surface area contributed by atoms with Crippen LogP contribution in [-0.4, -0.2) is 42.3 Å². The Hall–Kier alpha value is -0.910. The fraction of sp³-hybridized carbons (Fsp3) is 0.818. The lowest BCUT2D eigenvalue weighted by Crippen LogP contribution is -2.38. The predicted octanol–water partition coefficient (Wildman–Crippen LogP) is 1.81. The van der Waals surface area contributed by atoms with E-state index in [9.17, 15) is 9.59 Å². The number of esters is 1. The number of methoxy groups -OCH3 is 1. The quantitative estimate of drug-likeness (QED) is 0.766. The zero-order valence-corrected chi connectivity index (χ0v) is 11.8. The van der Waals surface area contributed by atoms with Gasteiger partial charge < -0.3 is 14.8 Å². The molecule has 0 aromatic heterocycles. The molecule has 0 radical (unpaired) electrons. The van der Waals surface area contributed by atoms with Crippen LogP contribution in [0.3, 0.4) is 0 Å². The number of amides is 1. The Morgan fingerprint density at radius 1 is 1.35 bits per heavy atom. The molecule has 0 saturated heterocycles. The Kier molecular flexibility index (Phi) is 7.03. The molecule has 0 aliphatic carbocycles. The van der Waals surface area contributed by atoms with E-state index >= 15 is 0 Å². The van der Waals surface area contributed by atoms with Gasteiger partial charge in [-0.25, -0.2) is 4.79 Å². The molecule has 0 unspecified atom stereocenters. The number of rotatable bonds is 5. The molecule has 0 spiro atoms. The van der Waals surface area contributed by atoms with Crippen LogP contribution >= 0.6 is 11.8 Å². The molecule has 0 aromatic carbocycles. The zero-order valence-electron chi connectivity index (χ0n) is 11.0. The van der Waals surface area contributed by atoms with E-state index in [1.54, 1.807) is 0 Å². The van der Waals surface area contributed by atoms with Crippen molar-refractivity contribution in [2.75, 3.05) is 18.6 Å². The summed E-state index contributed by atoms with van der Waals surface area (Å²) in [5.74, 6) is 0.657. The second-order valence-corrected chi connectivity index (χ2v) is 5.67. The van der Waals surface area contributed by atoms with E-state index in [0.717, 1.165) is 0 Å². The first-order valence-electron chi connectivity index (χ1n) is 5.38. The summed E-state index contributed by atoms with van der Waals surface area (Å²) in [4.78, 5) is 22.2. The van der Waals surface area contributed by atoms with E-state index in [-0.39, 0.29) is 17.8 Å². The van der Waals surface area contributed by atoms with Gasteiger partial charge >= 0.3 is 12.1 Å². The fourth-order valence-corrected chi connectivity index (χ4v) is 1.77. The van der Waals surface area contributed by atoms with Crippen LogP contribution in [0.4, 0.5) is 4.79 Å². The summed E-state index contributed by atoms with van der Waals surface area (Å²) in [7, 11) is 1.35. The van der Waals surface area contributed by atoms with Gasteiger partial charge in [-0.05, 0) is 27.7 Å². The molecule has 0 bridgehead atoms. The first kappa shape index (κ1) is 16.1. The fourth-order valence-electron chi connectivity index (χ4n) is 0.928. The van der Waals surface area contributed by atoms with Crippen LogP contribution < -0.4 is 5.32 Å². The lowest BCUT2D eigenvalue weighted by atomic mass is 10.2. The molecule has 1 atom stereocenters. The van der Waals surface area contributed by atoms with Gasteiger partial charge in [-0.1, -0.05) is 0 Å². The highest BCUT2D eigenvalue weighted by Crippen LogP contribution is 2.08. The number of alkyl carbamates (subject to hydrolysis) is 1. The maximum atomic E-state index is 11.4. The van der Waals surface area contributed by atoms with Crippen LogP contribution in [0.25, 0.3) is 0 Å². The first-order valence-corrected chi connectivity index (χ1v) is 6.54. The van der Waals surface area contributed by atoms with E-state index < -0.39 is 11.7 Å². The maximum absolute atomic E-state index is 11.4. The molecular formula is C11H21NO4S. The predicted molar refractivity (Wildman–Crippen MR) is 68.2 cm³/mol. The van der Waals surface area contributed by atoms with Crippen LogP contribution in [-0.2, 0) is 14.3 Å². The number of carbonyl (C=O) groups is 2. The number of hydrogen-bond acceptors (Lipinski definition) is 5. The third kappa shape index (κ3) is 9.99. The van der Waals surface area contributed by atoms with Gasteiger partial charge in [0.25, 0.3) is 0 Å². The van der Waals surface area contributed by atoms with Gasteiger partial charge in [0.1, 0.15) is 5.60 Å². The van der Waals surface area contributed by atoms with E-state index in [1.165, 1.54) is 18.9 Å². The summed E-state index contributed by atoms with van der Waals surface area (Å²) in [6.07, 6.45) is -0.441. The van der Waals surface area contributed by atoms with Gasteiger partial charge in [0.15, 0.2) is 0 Å². The third-order valence-electron chi connectivity index (χ3n) is 1.58. The minimum Gasteiger partial charge on any atom is -0.468 e. The molecule has 1 N–H and O–H groups in total. The average Bonchev–Trinajstić information content (AvgIpc) is 2.13. The largest absolute Gasteiger partial charge is 0.468 e. The molecule has 5 nitrogen and oxygen atoms in total. The van der Waals surface area contributed by atoms with E-state index in [0.29, 0.717) is 5.75 Å². The van der Waals surface area contributed by atoms with Gasteiger partial charge in [0.2, 0.25) is 0 Å². The standard InChI is InChI=1S/C11H21NO4S/c1-8(6-17-7-9(13)15-5)12-10(14)16-11(2,3)4/h8H,6-7H2,1-5H3,(H,12,14)/t8-/m1/s1. The summed E-state index contributed by atoms with van der Waals surface area (Å²) in [6, 6.07) is -0.0560. The molecule has 6 heteroatoms. The van der Waals surface area contributed by atoms with Crippen molar-refractivity contribution in [1.82, 2.24) is 5.32 Å². The zero-order chi connectivity index (χ0) is 13.5. The average molecular weight is 263 g/mol. The molecular weight excluding hydrogens is 242 g/mol. The lowest BCUT2D eigenvalue weighted by Gasteiger charge is -2.21. The molecule has 17 heavy (non-hydrogen) atoms. The van der Waals surface area contributed by atoms with Gasteiger partial charge in [0.05, 0.1) is 12.9 Å². The van der Waals surface area contributed by atoms with Crippen LogP contribution in [0.5, 0.6) is 0 Å². The van der Waals surface area contributed by atoms with E-state index in [1.807, 2.05) is 27.7 Å². The number of hydrogen-bond donors (Lipinski definition) is 1. The SMILES string of the molecule is COC(=O)CSC[C@@H](C)NC(=O)OC(C)(C)C. The highest BCUT2D eigenvalue weighted by atomic mass is 32.2. The van der Waals surface area contributed by atoms with Crippen molar-refractivity contribution in [3.63, 3.8) is 0 Å².